The van der Waals surface area contributed by atoms with Gasteiger partial charge in [0.1, 0.15) is 0 Å². The van der Waals surface area contributed by atoms with Crippen molar-refractivity contribution in [2.75, 3.05) is 32.9 Å². The molecule has 18 heavy (non-hydrogen) atoms. The molecule has 0 spiro atoms. The first kappa shape index (κ1) is 13.1. The normalized spacial score (nSPS) is 16.7. The highest BCUT2D eigenvalue weighted by Gasteiger charge is 2.10. The molecule has 0 amide bonds. The molecule has 0 unspecified atom stereocenters. The van der Waals surface area contributed by atoms with E-state index in [4.69, 9.17) is 9.47 Å². The van der Waals surface area contributed by atoms with Crippen molar-refractivity contribution < 1.29 is 14.6 Å². The van der Waals surface area contributed by atoms with Crippen LogP contribution < -0.4 is 10.2 Å². The zero-order chi connectivity index (χ0) is 12.8. The molecule has 1 aliphatic rings. The zero-order valence-electron chi connectivity index (χ0n) is 10.7. The number of hydrogen-bond donors (Lipinski definition) is 2. The van der Waals surface area contributed by atoms with Gasteiger partial charge in [-0.1, -0.05) is 6.07 Å². The molecule has 5 heteroatoms. The summed E-state index contributed by atoms with van der Waals surface area (Å²) in [6.07, 6.45) is 0. The van der Waals surface area contributed by atoms with Crippen LogP contribution >= 0.6 is 0 Å². The van der Waals surface area contributed by atoms with Gasteiger partial charge in [-0.05, 0) is 24.6 Å². The molecule has 1 aromatic rings. The van der Waals surface area contributed by atoms with Crippen LogP contribution in [0.1, 0.15) is 12.5 Å². The van der Waals surface area contributed by atoms with Gasteiger partial charge in [-0.25, -0.2) is 5.01 Å². The summed E-state index contributed by atoms with van der Waals surface area (Å²) in [6.45, 7) is 6.51. The minimum Gasteiger partial charge on any atom is -0.504 e. The quantitative estimate of drug-likeness (QED) is 0.822. The summed E-state index contributed by atoms with van der Waals surface area (Å²) in [6, 6.07) is 5.43. The van der Waals surface area contributed by atoms with E-state index in [1.54, 1.807) is 6.07 Å². The van der Waals surface area contributed by atoms with E-state index in [9.17, 15) is 5.11 Å². The molecule has 1 heterocycles. The van der Waals surface area contributed by atoms with E-state index in [2.05, 4.69) is 10.4 Å². The SMILES string of the molecule is CCOc1cc(CNN2CCOCC2)ccc1O. The van der Waals surface area contributed by atoms with Crippen LogP contribution in [0.4, 0.5) is 0 Å². The van der Waals surface area contributed by atoms with E-state index >= 15 is 0 Å². The number of morpholine rings is 1. The summed E-state index contributed by atoms with van der Waals surface area (Å²) in [4.78, 5) is 0. The van der Waals surface area contributed by atoms with Crippen molar-refractivity contribution in [3.05, 3.63) is 23.8 Å². The molecule has 2 N–H and O–H groups in total. The monoisotopic (exact) mass is 252 g/mol. The van der Waals surface area contributed by atoms with Crippen LogP contribution in [0.15, 0.2) is 18.2 Å². The molecule has 1 aliphatic heterocycles. The molecule has 1 aromatic carbocycles. The highest BCUT2D eigenvalue weighted by molar-refractivity contribution is 5.41. The number of hydrazine groups is 1. The predicted octanol–water partition coefficient (Wildman–Crippen LogP) is 1.13. The molecule has 0 bridgehead atoms. The van der Waals surface area contributed by atoms with Crippen LogP contribution in [-0.2, 0) is 11.3 Å². The van der Waals surface area contributed by atoms with Crippen molar-refractivity contribution in [2.45, 2.75) is 13.5 Å². The lowest BCUT2D eigenvalue weighted by molar-refractivity contribution is 0.0105. The van der Waals surface area contributed by atoms with Gasteiger partial charge in [-0.3, -0.25) is 5.43 Å². The molecule has 1 fully saturated rings. The van der Waals surface area contributed by atoms with Crippen LogP contribution in [0, 0.1) is 0 Å². The number of rotatable bonds is 5. The average molecular weight is 252 g/mol. The minimum atomic E-state index is 0.187. The van der Waals surface area contributed by atoms with E-state index in [1.807, 2.05) is 19.1 Å². The molecule has 0 atom stereocenters. The lowest BCUT2D eigenvalue weighted by atomic mass is 10.2. The summed E-state index contributed by atoms with van der Waals surface area (Å²) < 4.78 is 10.6. The number of aromatic hydroxyl groups is 1. The van der Waals surface area contributed by atoms with Gasteiger partial charge in [0, 0.05) is 19.6 Å². The molecule has 0 radical (unpaired) electrons. The number of phenolic OH excluding ortho intramolecular Hbond substituents is 1. The Labute approximate surface area is 107 Å². The Morgan fingerprint density at radius 2 is 2.17 bits per heavy atom. The van der Waals surface area contributed by atoms with Crippen LogP contribution in [0.5, 0.6) is 11.5 Å². The van der Waals surface area contributed by atoms with Crippen molar-refractivity contribution in [1.82, 2.24) is 10.4 Å². The molecule has 100 valence electrons. The molecule has 5 nitrogen and oxygen atoms in total. The Kier molecular flexibility index (Phi) is 4.81. The van der Waals surface area contributed by atoms with Crippen molar-refractivity contribution in [1.29, 1.82) is 0 Å². The fourth-order valence-electron chi connectivity index (χ4n) is 1.86. The lowest BCUT2D eigenvalue weighted by Gasteiger charge is -2.27. The van der Waals surface area contributed by atoms with Gasteiger partial charge >= 0.3 is 0 Å². The van der Waals surface area contributed by atoms with Gasteiger partial charge in [0.25, 0.3) is 0 Å². The third-order valence-corrected chi connectivity index (χ3v) is 2.84. The maximum Gasteiger partial charge on any atom is 0.161 e. The predicted molar refractivity (Wildman–Crippen MR) is 68.5 cm³/mol. The Morgan fingerprint density at radius 1 is 1.39 bits per heavy atom. The smallest absolute Gasteiger partial charge is 0.161 e. The maximum absolute atomic E-state index is 9.61. The number of nitrogens with one attached hydrogen (secondary N) is 1. The van der Waals surface area contributed by atoms with Crippen LogP contribution in [-0.4, -0.2) is 43.0 Å². The highest BCUT2D eigenvalue weighted by atomic mass is 16.5. The molecule has 2 rings (SSSR count). The Balaban J connectivity index is 1.90. The van der Waals surface area contributed by atoms with E-state index in [0.717, 1.165) is 38.4 Å². The van der Waals surface area contributed by atoms with Crippen LogP contribution in [0.25, 0.3) is 0 Å². The van der Waals surface area contributed by atoms with E-state index in [-0.39, 0.29) is 5.75 Å². The van der Waals surface area contributed by atoms with E-state index in [0.29, 0.717) is 12.4 Å². The number of ether oxygens (including phenoxy) is 2. The number of phenols is 1. The first-order chi connectivity index (χ1) is 8.79. The maximum atomic E-state index is 9.61. The molecular weight excluding hydrogens is 232 g/mol. The zero-order valence-corrected chi connectivity index (χ0v) is 10.7. The lowest BCUT2D eigenvalue weighted by Crippen LogP contribution is -2.45. The fraction of sp³-hybridized carbons (Fsp3) is 0.538. The molecule has 0 aromatic heterocycles. The Morgan fingerprint density at radius 3 is 2.89 bits per heavy atom. The number of nitrogens with zero attached hydrogens (tertiary/aromatic N) is 1. The molecule has 0 saturated carbocycles. The highest BCUT2D eigenvalue weighted by Crippen LogP contribution is 2.26. The second-order valence-electron chi connectivity index (χ2n) is 4.17. The van der Waals surface area contributed by atoms with Crippen molar-refractivity contribution >= 4 is 0 Å². The summed E-state index contributed by atoms with van der Waals surface area (Å²) in [5, 5.41) is 11.8. The largest absolute Gasteiger partial charge is 0.504 e. The number of benzene rings is 1. The third-order valence-electron chi connectivity index (χ3n) is 2.84. The summed E-state index contributed by atoms with van der Waals surface area (Å²) in [5.41, 5.74) is 4.43. The molecule has 0 aliphatic carbocycles. The van der Waals surface area contributed by atoms with Crippen LogP contribution in [0.3, 0.4) is 0 Å². The van der Waals surface area contributed by atoms with E-state index < -0.39 is 0 Å². The number of hydrogen-bond acceptors (Lipinski definition) is 5. The van der Waals surface area contributed by atoms with Crippen molar-refractivity contribution in [3.63, 3.8) is 0 Å². The standard InChI is InChI=1S/C13H20N2O3/c1-2-18-13-9-11(3-4-12(13)16)10-14-15-5-7-17-8-6-15/h3-4,9,14,16H,2,5-8,10H2,1H3. The first-order valence-electron chi connectivity index (χ1n) is 6.30. The van der Waals surface area contributed by atoms with Crippen molar-refractivity contribution in [3.8, 4) is 11.5 Å². The van der Waals surface area contributed by atoms with Crippen molar-refractivity contribution in [2.24, 2.45) is 0 Å². The van der Waals surface area contributed by atoms with Crippen LogP contribution in [0.2, 0.25) is 0 Å². The van der Waals surface area contributed by atoms with Gasteiger partial charge in [0.05, 0.1) is 19.8 Å². The summed E-state index contributed by atoms with van der Waals surface area (Å²) in [5.74, 6) is 0.728. The molecular formula is C13H20N2O3. The van der Waals surface area contributed by atoms with Gasteiger partial charge in [-0.2, -0.15) is 0 Å². The average Bonchev–Trinajstić information content (AvgIpc) is 2.41. The van der Waals surface area contributed by atoms with Gasteiger partial charge < -0.3 is 14.6 Å². The first-order valence-corrected chi connectivity index (χ1v) is 6.30. The second kappa shape index (κ2) is 6.58. The summed E-state index contributed by atoms with van der Waals surface area (Å²) >= 11 is 0. The fourth-order valence-corrected chi connectivity index (χ4v) is 1.86. The second-order valence-corrected chi connectivity index (χ2v) is 4.17. The summed E-state index contributed by atoms with van der Waals surface area (Å²) in [7, 11) is 0. The third kappa shape index (κ3) is 3.60. The topological polar surface area (TPSA) is 54.0 Å². The van der Waals surface area contributed by atoms with Gasteiger partial charge in [-0.15, -0.1) is 0 Å². The molecule has 1 saturated heterocycles. The Hall–Kier alpha value is -1.30. The van der Waals surface area contributed by atoms with Gasteiger partial charge in [0.15, 0.2) is 11.5 Å². The van der Waals surface area contributed by atoms with E-state index in [1.165, 1.54) is 0 Å². The Bertz CT molecular complexity index is 378. The van der Waals surface area contributed by atoms with Gasteiger partial charge in [0.2, 0.25) is 0 Å². The minimum absolute atomic E-state index is 0.187.